The highest BCUT2D eigenvalue weighted by Gasteiger charge is 2.31. The Hall–Kier alpha value is -2.69. The van der Waals surface area contributed by atoms with Crippen LogP contribution in [0.15, 0.2) is 64.8 Å². The number of piperazine rings is 1. The molecule has 10 heteroatoms. The van der Waals surface area contributed by atoms with Crippen LogP contribution in [0.2, 0.25) is 0 Å². The number of ether oxygens (including phenoxy) is 1. The molecule has 188 valence electrons. The average Bonchev–Trinajstić information content (AvgIpc) is 2.85. The Morgan fingerprint density at radius 2 is 1.77 bits per heavy atom. The van der Waals surface area contributed by atoms with Crippen LogP contribution in [0.1, 0.15) is 30.4 Å². The van der Waals surface area contributed by atoms with Crippen molar-refractivity contribution in [2.24, 2.45) is 10.2 Å². The highest BCUT2D eigenvalue weighted by Crippen LogP contribution is 2.27. The van der Waals surface area contributed by atoms with Crippen LogP contribution in [0.5, 0.6) is 0 Å². The van der Waals surface area contributed by atoms with Crippen molar-refractivity contribution in [3.8, 4) is 0 Å². The van der Waals surface area contributed by atoms with E-state index in [1.807, 2.05) is 51.1 Å². The molecule has 2 aliphatic rings. The van der Waals surface area contributed by atoms with Gasteiger partial charge in [0.1, 0.15) is 0 Å². The van der Waals surface area contributed by atoms with E-state index in [4.69, 9.17) is 4.74 Å². The summed E-state index contributed by atoms with van der Waals surface area (Å²) in [5.74, 6) is -0.0142. The molecule has 2 fully saturated rings. The number of hydrogen-bond acceptors (Lipinski definition) is 5. The van der Waals surface area contributed by atoms with Gasteiger partial charge in [-0.2, -0.15) is 5.10 Å². The maximum Gasteiger partial charge on any atom is 0.272 e. The van der Waals surface area contributed by atoms with E-state index in [1.165, 1.54) is 19.3 Å². The van der Waals surface area contributed by atoms with E-state index in [1.54, 1.807) is 12.1 Å². The minimum absolute atomic E-state index is 0.0142. The van der Waals surface area contributed by atoms with Crippen LogP contribution in [0.3, 0.4) is 0 Å². The molecule has 1 unspecified atom stereocenters. The molecule has 1 heterocycles. The number of hydrogen-bond donors (Lipinski definition) is 0. The van der Waals surface area contributed by atoms with Gasteiger partial charge in [0.05, 0.1) is 12.2 Å². The van der Waals surface area contributed by atoms with Gasteiger partial charge in [0, 0.05) is 44.5 Å². The molecular weight excluding hydrogens is 472 g/mol. The van der Waals surface area contributed by atoms with Gasteiger partial charge in [-0.3, -0.25) is 9.21 Å². The molecule has 1 saturated carbocycles. The number of nitrogens with zero attached hydrogens (tertiary/aromatic N) is 5. The molecule has 1 saturated heterocycles. The number of alkyl halides is 2. The maximum absolute atomic E-state index is 13.7. The standard InChI is InChI=1S/C25H31F2N5O2S/c1-28-29-25(34-19-24(26)27)21-12-10-20(11-13-21)18-32(23-6-3-2-4-7-23)35(33)31-16-14-30(15-17-31)22-8-5-9-22/h2-4,6-7,10-13,22,24H,1,5,8-9,14-19H2/b29-25-. The van der Waals surface area contributed by atoms with Gasteiger partial charge in [-0.15, -0.1) is 5.10 Å². The van der Waals surface area contributed by atoms with Crippen LogP contribution in [0.4, 0.5) is 14.5 Å². The van der Waals surface area contributed by atoms with Crippen molar-refractivity contribution >= 4 is 29.5 Å². The van der Waals surface area contributed by atoms with Gasteiger partial charge in [0.2, 0.25) is 5.90 Å². The first-order chi connectivity index (χ1) is 17.0. The zero-order valence-electron chi connectivity index (χ0n) is 19.6. The van der Waals surface area contributed by atoms with Gasteiger partial charge in [-0.05, 0) is 42.7 Å². The second-order valence-electron chi connectivity index (χ2n) is 8.60. The molecule has 0 bridgehead atoms. The SMILES string of the molecule is C=N/N=C(\OCC(F)F)c1ccc(CN(c2ccccc2)S(=O)N2CCN(C3CCC3)CC2)cc1. The van der Waals surface area contributed by atoms with Crippen LogP contribution in [0.25, 0.3) is 0 Å². The lowest BCUT2D eigenvalue weighted by Gasteiger charge is -2.43. The van der Waals surface area contributed by atoms with Crippen LogP contribution in [-0.4, -0.2) is 71.3 Å². The fraction of sp³-hybridized carbons (Fsp3) is 0.440. The molecular formula is C25H31F2N5O2S. The molecule has 2 aromatic rings. The minimum Gasteiger partial charge on any atom is -0.470 e. The first-order valence-electron chi connectivity index (χ1n) is 11.8. The molecule has 1 aliphatic heterocycles. The topological polar surface area (TPSA) is 60.7 Å². The van der Waals surface area contributed by atoms with E-state index in [0.717, 1.165) is 37.4 Å². The van der Waals surface area contributed by atoms with Gasteiger partial charge in [-0.1, -0.05) is 36.8 Å². The van der Waals surface area contributed by atoms with Gasteiger partial charge >= 0.3 is 0 Å². The molecule has 0 amide bonds. The Morgan fingerprint density at radius 3 is 2.34 bits per heavy atom. The Balaban J connectivity index is 1.46. The Labute approximate surface area is 207 Å². The first-order valence-corrected chi connectivity index (χ1v) is 12.9. The lowest BCUT2D eigenvalue weighted by molar-refractivity contribution is 0.0765. The highest BCUT2D eigenvalue weighted by atomic mass is 32.2. The predicted molar refractivity (Wildman–Crippen MR) is 136 cm³/mol. The van der Waals surface area contributed by atoms with Crippen molar-refractivity contribution in [2.75, 3.05) is 37.1 Å². The summed E-state index contributed by atoms with van der Waals surface area (Å²) in [7, 11) is 0. The number of halogens is 2. The zero-order chi connectivity index (χ0) is 24.6. The highest BCUT2D eigenvalue weighted by molar-refractivity contribution is 7.84. The van der Waals surface area contributed by atoms with Gasteiger partial charge in [-0.25, -0.2) is 17.3 Å². The smallest absolute Gasteiger partial charge is 0.272 e. The summed E-state index contributed by atoms with van der Waals surface area (Å²) < 4.78 is 47.8. The molecule has 0 N–H and O–H groups in total. The lowest BCUT2D eigenvalue weighted by atomic mass is 9.91. The molecule has 0 aromatic heterocycles. The summed E-state index contributed by atoms with van der Waals surface area (Å²) in [6.07, 6.45) is 1.25. The number of anilines is 1. The third-order valence-electron chi connectivity index (χ3n) is 6.35. The van der Waals surface area contributed by atoms with Crippen LogP contribution < -0.4 is 4.31 Å². The van der Waals surface area contributed by atoms with Crippen molar-refractivity contribution in [1.82, 2.24) is 9.21 Å². The Bertz CT molecular complexity index is 1010. The Kier molecular flexibility index (Phi) is 8.95. The number of para-hydroxylation sites is 1. The molecule has 0 radical (unpaired) electrons. The fourth-order valence-electron chi connectivity index (χ4n) is 4.24. The van der Waals surface area contributed by atoms with E-state index in [0.29, 0.717) is 18.2 Å². The summed E-state index contributed by atoms with van der Waals surface area (Å²) >= 11 is -1.35. The second kappa shape index (κ2) is 12.3. The predicted octanol–water partition coefficient (Wildman–Crippen LogP) is 4.09. The quantitative estimate of drug-likeness (QED) is 0.279. The summed E-state index contributed by atoms with van der Waals surface area (Å²) in [4.78, 5) is 2.52. The molecule has 2 aromatic carbocycles. The minimum atomic E-state index is -2.62. The monoisotopic (exact) mass is 503 g/mol. The van der Waals surface area contributed by atoms with Crippen molar-refractivity contribution in [2.45, 2.75) is 38.3 Å². The van der Waals surface area contributed by atoms with E-state index in [9.17, 15) is 13.0 Å². The molecule has 35 heavy (non-hydrogen) atoms. The van der Waals surface area contributed by atoms with Crippen molar-refractivity contribution in [1.29, 1.82) is 0 Å². The lowest BCUT2D eigenvalue weighted by Crippen LogP contribution is -2.54. The van der Waals surface area contributed by atoms with E-state index >= 15 is 0 Å². The van der Waals surface area contributed by atoms with Crippen LogP contribution in [-0.2, 0) is 22.5 Å². The summed E-state index contributed by atoms with van der Waals surface area (Å²) in [5, 5.41) is 7.14. The fourth-order valence-corrected chi connectivity index (χ4v) is 5.56. The molecule has 1 aliphatic carbocycles. The van der Waals surface area contributed by atoms with Gasteiger partial charge in [0.25, 0.3) is 6.43 Å². The first kappa shape index (κ1) is 25.4. The van der Waals surface area contributed by atoms with Gasteiger partial charge < -0.3 is 4.74 Å². The second-order valence-corrected chi connectivity index (χ2v) is 10.0. The summed E-state index contributed by atoms with van der Waals surface area (Å²) in [6.45, 7) is 6.33. The molecule has 0 spiro atoms. The van der Waals surface area contributed by atoms with Crippen molar-refractivity contribution < 1.29 is 17.7 Å². The van der Waals surface area contributed by atoms with Gasteiger partial charge in [0.15, 0.2) is 17.8 Å². The van der Waals surface area contributed by atoms with Crippen molar-refractivity contribution in [3.05, 3.63) is 65.7 Å². The average molecular weight is 504 g/mol. The van der Waals surface area contributed by atoms with Crippen molar-refractivity contribution in [3.63, 3.8) is 0 Å². The zero-order valence-corrected chi connectivity index (χ0v) is 20.5. The third kappa shape index (κ3) is 6.71. The summed E-state index contributed by atoms with van der Waals surface area (Å²) in [6, 6.07) is 17.6. The van der Waals surface area contributed by atoms with E-state index < -0.39 is 24.2 Å². The van der Waals surface area contributed by atoms with E-state index in [2.05, 4.69) is 21.8 Å². The largest absolute Gasteiger partial charge is 0.470 e. The van der Waals surface area contributed by atoms with Crippen LogP contribution >= 0.6 is 0 Å². The van der Waals surface area contributed by atoms with E-state index in [-0.39, 0.29) is 5.90 Å². The maximum atomic E-state index is 13.7. The molecule has 1 atom stereocenters. The summed E-state index contributed by atoms with van der Waals surface area (Å²) in [5.41, 5.74) is 2.30. The molecule has 7 nitrogen and oxygen atoms in total. The normalized spacial score (nSPS) is 18.8. The third-order valence-corrected chi connectivity index (χ3v) is 7.88. The van der Waals surface area contributed by atoms with Crippen LogP contribution in [0, 0.1) is 0 Å². The number of rotatable bonds is 10. The molecule has 4 rings (SSSR count). The Morgan fingerprint density at radius 1 is 1.09 bits per heavy atom. The number of benzene rings is 2.